The molecule has 2 aromatic carbocycles. The van der Waals surface area contributed by atoms with E-state index in [4.69, 9.17) is 4.74 Å². The van der Waals surface area contributed by atoms with E-state index < -0.39 is 16.0 Å². The van der Waals surface area contributed by atoms with Gasteiger partial charge < -0.3 is 9.47 Å². The fourth-order valence-corrected chi connectivity index (χ4v) is 3.33. The zero-order valence-electron chi connectivity index (χ0n) is 13.2. The molecule has 128 valence electrons. The van der Waals surface area contributed by atoms with Crippen molar-refractivity contribution in [2.24, 2.45) is 0 Å². The van der Waals surface area contributed by atoms with Gasteiger partial charge in [0.2, 0.25) is 0 Å². The second-order valence-corrected chi connectivity index (χ2v) is 7.24. The number of sulfonamides is 1. The van der Waals surface area contributed by atoms with E-state index in [0.29, 0.717) is 11.4 Å². The van der Waals surface area contributed by atoms with E-state index in [2.05, 4.69) is 9.46 Å². The minimum Gasteiger partial charge on any atom is -0.482 e. The standard InChI is InChI=1S/C16H17NO5S2/c1-21-16(18)11-22-13-6-8-15(9-7-13)24(19,20)17-12-4-3-5-14(10-12)23-2/h3-10,17H,11H2,1-2H3. The number of thioether (sulfide) groups is 1. The Morgan fingerprint density at radius 3 is 2.50 bits per heavy atom. The maximum Gasteiger partial charge on any atom is 0.343 e. The summed E-state index contributed by atoms with van der Waals surface area (Å²) in [5.74, 6) is -0.134. The van der Waals surface area contributed by atoms with Crippen molar-refractivity contribution < 1.29 is 22.7 Å². The van der Waals surface area contributed by atoms with Crippen LogP contribution in [0.2, 0.25) is 0 Å². The Morgan fingerprint density at radius 1 is 1.17 bits per heavy atom. The first-order valence-corrected chi connectivity index (χ1v) is 9.62. The van der Waals surface area contributed by atoms with Crippen LogP contribution in [0.3, 0.4) is 0 Å². The number of hydrogen-bond donors (Lipinski definition) is 1. The number of nitrogens with one attached hydrogen (secondary N) is 1. The average molecular weight is 367 g/mol. The molecule has 0 saturated heterocycles. The molecule has 0 fully saturated rings. The molecule has 24 heavy (non-hydrogen) atoms. The molecule has 0 aliphatic carbocycles. The summed E-state index contributed by atoms with van der Waals surface area (Å²) in [6, 6.07) is 12.9. The van der Waals surface area contributed by atoms with Crippen molar-refractivity contribution in [1.29, 1.82) is 0 Å². The lowest BCUT2D eigenvalue weighted by Gasteiger charge is -2.10. The summed E-state index contributed by atoms with van der Waals surface area (Å²) < 4.78 is 37.0. The second kappa shape index (κ2) is 8.07. The lowest BCUT2D eigenvalue weighted by Crippen LogP contribution is -2.14. The van der Waals surface area contributed by atoms with Gasteiger partial charge in [0.05, 0.1) is 12.0 Å². The van der Waals surface area contributed by atoms with Crippen molar-refractivity contribution in [1.82, 2.24) is 0 Å². The Balaban J connectivity index is 2.10. The van der Waals surface area contributed by atoms with Crippen LogP contribution in [-0.2, 0) is 19.6 Å². The number of ether oxygens (including phenoxy) is 2. The molecule has 6 nitrogen and oxygen atoms in total. The number of carbonyl (C=O) groups excluding carboxylic acids is 1. The van der Waals surface area contributed by atoms with Crippen molar-refractivity contribution >= 4 is 33.4 Å². The zero-order valence-corrected chi connectivity index (χ0v) is 14.8. The number of esters is 1. The quantitative estimate of drug-likeness (QED) is 0.599. The van der Waals surface area contributed by atoms with E-state index in [-0.39, 0.29) is 11.5 Å². The monoisotopic (exact) mass is 367 g/mol. The van der Waals surface area contributed by atoms with Crippen LogP contribution in [0.25, 0.3) is 0 Å². The molecule has 2 rings (SSSR count). The molecule has 0 spiro atoms. The van der Waals surface area contributed by atoms with E-state index in [0.717, 1.165) is 4.90 Å². The molecule has 0 aromatic heterocycles. The Morgan fingerprint density at radius 2 is 1.88 bits per heavy atom. The van der Waals surface area contributed by atoms with Gasteiger partial charge in [-0.2, -0.15) is 0 Å². The van der Waals surface area contributed by atoms with Crippen LogP contribution in [0.1, 0.15) is 0 Å². The highest BCUT2D eigenvalue weighted by atomic mass is 32.2. The number of hydrogen-bond acceptors (Lipinski definition) is 6. The molecule has 0 heterocycles. The van der Waals surface area contributed by atoms with Crippen LogP contribution in [0, 0.1) is 0 Å². The largest absolute Gasteiger partial charge is 0.482 e. The van der Waals surface area contributed by atoms with Gasteiger partial charge in [-0.25, -0.2) is 13.2 Å². The fourth-order valence-electron chi connectivity index (χ4n) is 1.82. The molecule has 0 atom stereocenters. The molecule has 0 radical (unpaired) electrons. The first-order valence-electron chi connectivity index (χ1n) is 6.91. The molecule has 0 amide bonds. The van der Waals surface area contributed by atoms with E-state index in [1.54, 1.807) is 18.2 Å². The summed E-state index contributed by atoms with van der Waals surface area (Å²) in [4.78, 5) is 12.1. The molecule has 0 unspecified atom stereocenters. The highest BCUT2D eigenvalue weighted by Crippen LogP contribution is 2.22. The van der Waals surface area contributed by atoms with Crippen molar-refractivity contribution in [2.75, 3.05) is 24.7 Å². The maximum atomic E-state index is 12.4. The highest BCUT2D eigenvalue weighted by molar-refractivity contribution is 7.98. The van der Waals surface area contributed by atoms with Gasteiger partial charge in [-0.05, 0) is 48.7 Å². The molecule has 1 N–H and O–H groups in total. The molecule has 0 aliphatic heterocycles. The zero-order chi connectivity index (χ0) is 17.6. The van der Waals surface area contributed by atoms with Gasteiger partial charge >= 0.3 is 5.97 Å². The summed E-state index contributed by atoms with van der Waals surface area (Å²) in [7, 11) is -2.43. The third kappa shape index (κ3) is 4.90. The van der Waals surface area contributed by atoms with Crippen LogP contribution >= 0.6 is 11.8 Å². The van der Waals surface area contributed by atoms with Crippen molar-refractivity contribution in [3.05, 3.63) is 48.5 Å². The SMILES string of the molecule is COC(=O)COc1ccc(S(=O)(=O)Nc2cccc(SC)c2)cc1. The molecular weight excluding hydrogens is 350 g/mol. The molecule has 2 aromatic rings. The Kier molecular flexibility index (Phi) is 6.10. The number of carbonyl (C=O) groups is 1. The Bertz CT molecular complexity index is 803. The number of benzene rings is 2. The summed E-state index contributed by atoms with van der Waals surface area (Å²) in [5, 5.41) is 0. The summed E-state index contributed by atoms with van der Waals surface area (Å²) >= 11 is 1.53. The normalized spacial score (nSPS) is 10.9. The molecule has 0 saturated carbocycles. The molecule has 0 aliphatic rings. The van der Waals surface area contributed by atoms with E-state index in [9.17, 15) is 13.2 Å². The predicted molar refractivity (Wildman–Crippen MR) is 93.0 cm³/mol. The van der Waals surface area contributed by atoms with Crippen LogP contribution in [-0.4, -0.2) is 34.4 Å². The minimum atomic E-state index is -3.70. The maximum absolute atomic E-state index is 12.4. The Labute approximate surface area is 145 Å². The van der Waals surface area contributed by atoms with Gasteiger partial charge in [-0.3, -0.25) is 4.72 Å². The number of anilines is 1. The van der Waals surface area contributed by atoms with E-state index in [1.165, 1.54) is 43.1 Å². The number of rotatable bonds is 7. The van der Waals surface area contributed by atoms with E-state index in [1.807, 2.05) is 12.3 Å². The van der Waals surface area contributed by atoms with Gasteiger partial charge in [0.25, 0.3) is 10.0 Å². The third-order valence-corrected chi connectivity index (χ3v) is 5.16. The van der Waals surface area contributed by atoms with Crippen LogP contribution in [0.15, 0.2) is 58.3 Å². The summed E-state index contributed by atoms with van der Waals surface area (Å²) in [5.41, 5.74) is 0.493. The van der Waals surface area contributed by atoms with Crippen molar-refractivity contribution in [2.45, 2.75) is 9.79 Å². The third-order valence-electron chi connectivity index (χ3n) is 3.04. The van der Waals surface area contributed by atoms with Gasteiger partial charge in [-0.15, -0.1) is 11.8 Å². The van der Waals surface area contributed by atoms with Crippen molar-refractivity contribution in [3.63, 3.8) is 0 Å². The van der Waals surface area contributed by atoms with Crippen molar-refractivity contribution in [3.8, 4) is 5.75 Å². The molecule has 8 heteroatoms. The first-order chi connectivity index (χ1) is 11.4. The van der Waals surface area contributed by atoms with Gasteiger partial charge in [0.1, 0.15) is 5.75 Å². The Hall–Kier alpha value is -2.19. The molecular formula is C16H17NO5S2. The lowest BCUT2D eigenvalue weighted by molar-refractivity contribution is -0.142. The highest BCUT2D eigenvalue weighted by Gasteiger charge is 2.14. The smallest absolute Gasteiger partial charge is 0.343 e. The number of methoxy groups -OCH3 is 1. The first kappa shape index (κ1) is 18.2. The minimum absolute atomic E-state index is 0.0995. The van der Waals surface area contributed by atoms with Gasteiger partial charge in [0, 0.05) is 10.6 Å². The van der Waals surface area contributed by atoms with Crippen LogP contribution < -0.4 is 9.46 Å². The molecule has 0 bridgehead atoms. The van der Waals surface area contributed by atoms with Gasteiger partial charge in [0.15, 0.2) is 6.61 Å². The van der Waals surface area contributed by atoms with E-state index >= 15 is 0 Å². The topological polar surface area (TPSA) is 81.7 Å². The summed E-state index contributed by atoms with van der Waals surface area (Å²) in [6.45, 7) is -0.234. The van der Waals surface area contributed by atoms with Crippen LogP contribution in [0.5, 0.6) is 5.75 Å². The summed E-state index contributed by atoms with van der Waals surface area (Å²) in [6.07, 6.45) is 1.92. The second-order valence-electron chi connectivity index (χ2n) is 4.67. The lowest BCUT2D eigenvalue weighted by atomic mass is 10.3. The van der Waals surface area contributed by atoms with Crippen LogP contribution in [0.4, 0.5) is 5.69 Å². The average Bonchev–Trinajstić information content (AvgIpc) is 2.59. The predicted octanol–water partition coefficient (Wildman–Crippen LogP) is 2.76. The van der Waals surface area contributed by atoms with Gasteiger partial charge in [-0.1, -0.05) is 6.07 Å². The fraction of sp³-hybridized carbons (Fsp3) is 0.188.